The molecule has 1 N–H and O–H groups in total. The monoisotopic (exact) mass is 276 g/mol. The summed E-state index contributed by atoms with van der Waals surface area (Å²) in [5, 5.41) is 3.32. The number of hydrogen-bond acceptors (Lipinski definition) is 2. The molecule has 0 bridgehead atoms. The van der Waals surface area contributed by atoms with Gasteiger partial charge in [-0.15, -0.1) is 12.4 Å². The molecule has 0 saturated carbocycles. The molecule has 1 amide bonds. The Balaban J connectivity index is 0.00000289. The lowest BCUT2D eigenvalue weighted by Crippen LogP contribution is -2.44. The van der Waals surface area contributed by atoms with Crippen molar-refractivity contribution in [3.8, 4) is 0 Å². The van der Waals surface area contributed by atoms with Crippen LogP contribution in [0.1, 0.15) is 52.9 Å². The van der Waals surface area contributed by atoms with Gasteiger partial charge in [0.05, 0.1) is 0 Å². The minimum Gasteiger partial charge on any atom is -0.340 e. The van der Waals surface area contributed by atoms with Gasteiger partial charge in [0, 0.05) is 18.5 Å². The first-order valence-corrected chi connectivity index (χ1v) is 7.18. The van der Waals surface area contributed by atoms with Crippen molar-refractivity contribution in [1.29, 1.82) is 0 Å². The van der Waals surface area contributed by atoms with Crippen molar-refractivity contribution < 1.29 is 4.79 Å². The highest BCUT2D eigenvalue weighted by molar-refractivity contribution is 5.85. The van der Waals surface area contributed by atoms with E-state index in [9.17, 15) is 4.79 Å². The summed E-state index contributed by atoms with van der Waals surface area (Å²) in [6, 6.07) is 0.342. The average Bonchev–Trinajstić information content (AvgIpc) is 2.34. The van der Waals surface area contributed by atoms with E-state index in [2.05, 4.69) is 31.0 Å². The van der Waals surface area contributed by atoms with Crippen LogP contribution in [0.3, 0.4) is 0 Å². The van der Waals surface area contributed by atoms with Crippen LogP contribution in [0.5, 0.6) is 0 Å². The van der Waals surface area contributed by atoms with E-state index in [1.807, 2.05) is 0 Å². The summed E-state index contributed by atoms with van der Waals surface area (Å²) in [6.45, 7) is 9.40. The first-order chi connectivity index (χ1) is 8.16. The van der Waals surface area contributed by atoms with Gasteiger partial charge in [-0.05, 0) is 46.2 Å². The molecular formula is C14H29ClN2O. The first kappa shape index (κ1) is 17.7. The molecule has 1 saturated heterocycles. The van der Waals surface area contributed by atoms with Crippen LogP contribution in [-0.4, -0.2) is 36.5 Å². The SMILES string of the molecule is CCCCCN(C(=O)C1CCNCC1)C(C)C.Cl. The average molecular weight is 277 g/mol. The summed E-state index contributed by atoms with van der Waals surface area (Å²) < 4.78 is 0. The zero-order chi connectivity index (χ0) is 12.7. The Bertz CT molecular complexity index is 228. The Kier molecular flexibility index (Phi) is 9.47. The van der Waals surface area contributed by atoms with Gasteiger partial charge in [0.1, 0.15) is 0 Å². The molecule has 0 spiro atoms. The fourth-order valence-electron chi connectivity index (χ4n) is 2.46. The van der Waals surface area contributed by atoms with Gasteiger partial charge in [0.25, 0.3) is 0 Å². The van der Waals surface area contributed by atoms with E-state index < -0.39 is 0 Å². The Morgan fingerprint density at radius 2 is 1.89 bits per heavy atom. The topological polar surface area (TPSA) is 32.3 Å². The van der Waals surface area contributed by atoms with Gasteiger partial charge in [-0.2, -0.15) is 0 Å². The molecule has 0 aromatic carbocycles. The number of rotatable bonds is 6. The number of unbranched alkanes of at least 4 members (excludes halogenated alkanes) is 2. The first-order valence-electron chi connectivity index (χ1n) is 7.18. The zero-order valence-corrected chi connectivity index (χ0v) is 12.9. The third kappa shape index (κ3) is 5.57. The number of halogens is 1. The third-order valence-electron chi connectivity index (χ3n) is 3.60. The van der Waals surface area contributed by atoms with Crippen LogP contribution >= 0.6 is 12.4 Å². The number of carbonyl (C=O) groups excluding carboxylic acids is 1. The summed E-state index contributed by atoms with van der Waals surface area (Å²) >= 11 is 0. The number of carbonyl (C=O) groups is 1. The highest BCUT2D eigenvalue weighted by Crippen LogP contribution is 2.17. The lowest BCUT2D eigenvalue weighted by atomic mass is 9.96. The lowest BCUT2D eigenvalue weighted by molar-refractivity contribution is -0.138. The summed E-state index contributed by atoms with van der Waals surface area (Å²) in [5.74, 6) is 0.651. The maximum absolute atomic E-state index is 12.4. The number of nitrogens with zero attached hydrogens (tertiary/aromatic N) is 1. The number of amides is 1. The van der Waals surface area contributed by atoms with Crippen LogP contribution < -0.4 is 5.32 Å². The largest absolute Gasteiger partial charge is 0.340 e. The standard InChI is InChI=1S/C14H28N2O.ClH/c1-4-5-6-11-16(12(2)3)14(17)13-7-9-15-10-8-13;/h12-13,15H,4-11H2,1-3H3;1H. The van der Waals surface area contributed by atoms with E-state index in [0.717, 1.165) is 38.9 Å². The Morgan fingerprint density at radius 3 is 2.39 bits per heavy atom. The van der Waals surface area contributed by atoms with E-state index >= 15 is 0 Å². The second-order valence-corrected chi connectivity index (χ2v) is 5.36. The summed E-state index contributed by atoms with van der Waals surface area (Å²) in [5.41, 5.74) is 0. The molecule has 0 atom stereocenters. The van der Waals surface area contributed by atoms with Crippen LogP contribution in [0, 0.1) is 5.92 Å². The maximum atomic E-state index is 12.4. The van der Waals surface area contributed by atoms with Crippen LogP contribution in [0.2, 0.25) is 0 Å². The van der Waals surface area contributed by atoms with Gasteiger partial charge < -0.3 is 10.2 Å². The van der Waals surface area contributed by atoms with E-state index in [1.54, 1.807) is 0 Å². The fraction of sp³-hybridized carbons (Fsp3) is 0.929. The molecule has 1 aliphatic heterocycles. The van der Waals surface area contributed by atoms with Crippen LogP contribution in [-0.2, 0) is 4.79 Å². The normalized spacial score (nSPS) is 16.4. The van der Waals surface area contributed by atoms with Gasteiger partial charge in [-0.3, -0.25) is 4.79 Å². The van der Waals surface area contributed by atoms with Gasteiger partial charge in [-0.1, -0.05) is 19.8 Å². The maximum Gasteiger partial charge on any atom is 0.226 e. The van der Waals surface area contributed by atoms with Crippen molar-refractivity contribution in [2.45, 2.75) is 58.9 Å². The molecule has 4 heteroatoms. The molecule has 0 aromatic heterocycles. The van der Waals surface area contributed by atoms with Gasteiger partial charge >= 0.3 is 0 Å². The predicted molar refractivity (Wildman–Crippen MR) is 79.2 cm³/mol. The van der Waals surface area contributed by atoms with Crippen molar-refractivity contribution in [1.82, 2.24) is 10.2 Å². The Morgan fingerprint density at radius 1 is 1.28 bits per heavy atom. The zero-order valence-electron chi connectivity index (χ0n) is 12.1. The predicted octanol–water partition coefficient (Wildman–Crippen LogP) is 2.84. The fourth-order valence-corrected chi connectivity index (χ4v) is 2.46. The molecule has 0 unspecified atom stereocenters. The lowest BCUT2D eigenvalue weighted by Gasteiger charge is -2.32. The molecule has 0 aliphatic carbocycles. The van der Waals surface area contributed by atoms with Crippen molar-refractivity contribution in [2.75, 3.05) is 19.6 Å². The van der Waals surface area contributed by atoms with Crippen molar-refractivity contribution in [2.24, 2.45) is 5.92 Å². The van der Waals surface area contributed by atoms with Gasteiger partial charge in [0.2, 0.25) is 5.91 Å². The van der Waals surface area contributed by atoms with Crippen molar-refractivity contribution in [3.63, 3.8) is 0 Å². The molecule has 3 nitrogen and oxygen atoms in total. The smallest absolute Gasteiger partial charge is 0.226 e. The molecule has 18 heavy (non-hydrogen) atoms. The summed E-state index contributed by atoms with van der Waals surface area (Å²) in [7, 11) is 0. The van der Waals surface area contributed by atoms with E-state index in [0.29, 0.717) is 11.9 Å². The quantitative estimate of drug-likeness (QED) is 0.757. The van der Waals surface area contributed by atoms with Crippen LogP contribution in [0.15, 0.2) is 0 Å². The Hall–Kier alpha value is -0.280. The number of nitrogens with one attached hydrogen (secondary N) is 1. The summed E-state index contributed by atoms with van der Waals surface area (Å²) in [6.07, 6.45) is 5.60. The number of hydrogen-bond donors (Lipinski definition) is 1. The molecular weight excluding hydrogens is 248 g/mol. The molecule has 108 valence electrons. The molecule has 1 fully saturated rings. The van der Waals surface area contributed by atoms with Crippen molar-refractivity contribution in [3.05, 3.63) is 0 Å². The Labute approximate surface area is 118 Å². The minimum atomic E-state index is 0. The van der Waals surface area contributed by atoms with E-state index in [4.69, 9.17) is 0 Å². The van der Waals surface area contributed by atoms with Gasteiger partial charge in [-0.25, -0.2) is 0 Å². The molecule has 1 aliphatic rings. The highest BCUT2D eigenvalue weighted by Gasteiger charge is 2.26. The summed E-state index contributed by atoms with van der Waals surface area (Å²) in [4.78, 5) is 14.5. The highest BCUT2D eigenvalue weighted by atomic mass is 35.5. The third-order valence-corrected chi connectivity index (χ3v) is 3.60. The molecule has 1 heterocycles. The van der Waals surface area contributed by atoms with Crippen LogP contribution in [0.4, 0.5) is 0 Å². The molecule has 0 aromatic rings. The van der Waals surface area contributed by atoms with E-state index in [-0.39, 0.29) is 18.3 Å². The van der Waals surface area contributed by atoms with E-state index in [1.165, 1.54) is 12.8 Å². The molecule has 1 rings (SSSR count). The van der Waals surface area contributed by atoms with Crippen LogP contribution in [0.25, 0.3) is 0 Å². The number of piperidine rings is 1. The second kappa shape index (κ2) is 9.62. The van der Waals surface area contributed by atoms with Crippen molar-refractivity contribution >= 4 is 18.3 Å². The van der Waals surface area contributed by atoms with Gasteiger partial charge in [0.15, 0.2) is 0 Å². The second-order valence-electron chi connectivity index (χ2n) is 5.36. The minimum absolute atomic E-state index is 0. The molecule has 0 radical (unpaired) electrons.